The highest BCUT2D eigenvalue weighted by atomic mass is 35.5. The molecule has 2 aromatic carbocycles. The van der Waals surface area contributed by atoms with Gasteiger partial charge < -0.3 is 10.1 Å². The average Bonchev–Trinajstić information content (AvgIpc) is 3.20. The number of carbonyl (C=O) groups is 1. The maximum atomic E-state index is 13.2. The van der Waals surface area contributed by atoms with Crippen LogP contribution in [0, 0.1) is 6.92 Å². The van der Waals surface area contributed by atoms with Crippen LogP contribution in [0.1, 0.15) is 24.0 Å². The number of aryl methyl sites for hydroxylation is 1. The topological polar surface area (TPSA) is 75.7 Å². The van der Waals surface area contributed by atoms with E-state index in [2.05, 4.69) is 5.32 Å². The van der Waals surface area contributed by atoms with Gasteiger partial charge in [0.2, 0.25) is 15.9 Å². The molecule has 0 spiro atoms. The van der Waals surface area contributed by atoms with Crippen molar-refractivity contribution in [2.45, 2.75) is 37.3 Å². The smallest absolute Gasteiger partial charge is 0.243 e. The van der Waals surface area contributed by atoms with Gasteiger partial charge >= 0.3 is 0 Å². The fourth-order valence-corrected chi connectivity index (χ4v) is 4.77. The molecule has 3 rings (SSSR count). The summed E-state index contributed by atoms with van der Waals surface area (Å²) in [6.07, 6.45) is 1.87. The fraction of sp³-hybridized carbons (Fsp3) is 0.381. The number of nitrogens with zero attached hydrogens (tertiary/aromatic N) is 1. The summed E-state index contributed by atoms with van der Waals surface area (Å²) in [6, 6.07) is 13.5. The Balaban J connectivity index is 1.78. The van der Waals surface area contributed by atoms with Crippen molar-refractivity contribution in [3.8, 4) is 0 Å². The monoisotopic (exact) mass is 436 g/mol. The normalized spacial score (nSPS) is 16.9. The molecular formula is C21H25ClN2O4S. The van der Waals surface area contributed by atoms with Crippen LogP contribution >= 0.6 is 11.6 Å². The lowest BCUT2D eigenvalue weighted by Gasteiger charge is -2.22. The summed E-state index contributed by atoms with van der Waals surface area (Å²) >= 11 is 6.04. The first-order valence-electron chi connectivity index (χ1n) is 9.54. The van der Waals surface area contributed by atoms with Gasteiger partial charge in [-0.3, -0.25) is 4.79 Å². The zero-order valence-corrected chi connectivity index (χ0v) is 17.9. The predicted octanol–water partition coefficient (Wildman–Crippen LogP) is 3.13. The highest BCUT2D eigenvalue weighted by molar-refractivity contribution is 7.89. The Bertz CT molecular complexity index is 941. The third-order valence-corrected chi connectivity index (χ3v) is 6.82. The molecule has 1 aliphatic rings. The van der Waals surface area contributed by atoms with E-state index in [1.807, 2.05) is 6.92 Å². The van der Waals surface area contributed by atoms with Crippen LogP contribution in [-0.4, -0.2) is 44.4 Å². The molecule has 2 aromatic rings. The maximum absolute atomic E-state index is 13.2. The number of halogens is 1. The van der Waals surface area contributed by atoms with Crippen LogP contribution in [0.15, 0.2) is 53.4 Å². The van der Waals surface area contributed by atoms with E-state index in [4.69, 9.17) is 16.3 Å². The lowest BCUT2D eigenvalue weighted by atomic mass is 10.2. The largest absolute Gasteiger partial charge is 0.376 e. The van der Waals surface area contributed by atoms with E-state index in [0.29, 0.717) is 23.7 Å². The zero-order valence-electron chi connectivity index (χ0n) is 16.3. The van der Waals surface area contributed by atoms with Crippen molar-refractivity contribution in [3.63, 3.8) is 0 Å². The second-order valence-corrected chi connectivity index (χ2v) is 9.53. The summed E-state index contributed by atoms with van der Waals surface area (Å²) in [7, 11) is -3.86. The van der Waals surface area contributed by atoms with Gasteiger partial charge in [0.15, 0.2) is 0 Å². The van der Waals surface area contributed by atoms with E-state index < -0.39 is 10.0 Å². The molecule has 156 valence electrons. The van der Waals surface area contributed by atoms with Crippen LogP contribution in [0.25, 0.3) is 0 Å². The van der Waals surface area contributed by atoms with Crippen molar-refractivity contribution < 1.29 is 17.9 Å². The van der Waals surface area contributed by atoms with E-state index in [9.17, 15) is 13.2 Å². The molecule has 1 atom stereocenters. The molecule has 29 heavy (non-hydrogen) atoms. The molecule has 8 heteroatoms. The van der Waals surface area contributed by atoms with Crippen LogP contribution in [0.4, 0.5) is 0 Å². The van der Waals surface area contributed by atoms with Crippen molar-refractivity contribution in [3.05, 3.63) is 64.7 Å². The van der Waals surface area contributed by atoms with Crippen LogP contribution in [-0.2, 0) is 26.1 Å². The van der Waals surface area contributed by atoms with Gasteiger partial charge in [-0.25, -0.2) is 8.42 Å². The lowest BCUT2D eigenvalue weighted by molar-refractivity contribution is -0.121. The second-order valence-electron chi connectivity index (χ2n) is 7.16. The number of hydrogen-bond donors (Lipinski definition) is 1. The predicted molar refractivity (Wildman–Crippen MR) is 112 cm³/mol. The van der Waals surface area contributed by atoms with Crippen LogP contribution < -0.4 is 5.32 Å². The molecule has 1 amide bonds. The highest BCUT2D eigenvalue weighted by Crippen LogP contribution is 2.20. The van der Waals surface area contributed by atoms with E-state index in [1.165, 1.54) is 4.31 Å². The van der Waals surface area contributed by atoms with Crippen molar-refractivity contribution in [2.24, 2.45) is 0 Å². The Hall–Kier alpha value is -1.93. The van der Waals surface area contributed by atoms with Gasteiger partial charge in [0.05, 0.1) is 17.5 Å². The van der Waals surface area contributed by atoms with Gasteiger partial charge in [-0.2, -0.15) is 4.31 Å². The Morgan fingerprint density at radius 2 is 2.00 bits per heavy atom. The van der Waals surface area contributed by atoms with Crippen molar-refractivity contribution in [1.29, 1.82) is 0 Å². The molecule has 1 heterocycles. The Morgan fingerprint density at radius 1 is 1.24 bits per heavy atom. The minimum absolute atomic E-state index is 0.00552. The number of rotatable bonds is 8. The summed E-state index contributed by atoms with van der Waals surface area (Å²) < 4.78 is 33.1. The number of benzene rings is 2. The first-order valence-corrected chi connectivity index (χ1v) is 11.4. The number of carbonyl (C=O) groups excluding carboxylic acids is 1. The van der Waals surface area contributed by atoms with Crippen molar-refractivity contribution >= 4 is 27.5 Å². The van der Waals surface area contributed by atoms with E-state index in [1.54, 1.807) is 48.5 Å². The average molecular weight is 437 g/mol. The fourth-order valence-electron chi connectivity index (χ4n) is 3.17. The van der Waals surface area contributed by atoms with Gasteiger partial charge in [0.25, 0.3) is 0 Å². The Labute approximate surface area is 176 Å². The first-order chi connectivity index (χ1) is 13.8. The second kappa shape index (κ2) is 9.71. The van der Waals surface area contributed by atoms with Gasteiger partial charge in [-0.05, 0) is 49.6 Å². The standard InChI is InChI=1S/C21H25ClN2O4S/c1-16-7-9-20(10-8-16)29(26,27)24(14-17-4-2-5-18(22)12-17)15-21(25)23-13-19-6-3-11-28-19/h2,4-5,7-10,12,19H,3,6,11,13-15H2,1H3,(H,23,25). The molecule has 6 nitrogen and oxygen atoms in total. The molecule has 1 unspecified atom stereocenters. The molecule has 1 saturated heterocycles. The van der Waals surface area contributed by atoms with Gasteiger partial charge in [-0.15, -0.1) is 0 Å². The quantitative estimate of drug-likeness (QED) is 0.689. The van der Waals surface area contributed by atoms with Gasteiger partial charge in [0, 0.05) is 24.7 Å². The Kier molecular flexibility index (Phi) is 7.29. The lowest BCUT2D eigenvalue weighted by Crippen LogP contribution is -2.42. The molecule has 1 fully saturated rings. The molecular weight excluding hydrogens is 412 g/mol. The van der Waals surface area contributed by atoms with E-state index >= 15 is 0 Å². The molecule has 0 saturated carbocycles. The minimum Gasteiger partial charge on any atom is -0.376 e. The van der Waals surface area contributed by atoms with Crippen LogP contribution in [0.2, 0.25) is 5.02 Å². The number of ether oxygens (including phenoxy) is 1. The highest BCUT2D eigenvalue weighted by Gasteiger charge is 2.27. The van der Waals surface area contributed by atoms with Gasteiger partial charge in [-0.1, -0.05) is 41.4 Å². The summed E-state index contributed by atoms with van der Waals surface area (Å²) in [5.74, 6) is -0.363. The third kappa shape index (κ3) is 6.02. The molecule has 0 aliphatic carbocycles. The zero-order chi connectivity index (χ0) is 20.9. The Morgan fingerprint density at radius 3 is 2.66 bits per heavy atom. The SMILES string of the molecule is Cc1ccc(S(=O)(=O)N(CC(=O)NCC2CCCO2)Cc2cccc(Cl)c2)cc1. The number of sulfonamides is 1. The molecule has 0 bridgehead atoms. The summed E-state index contributed by atoms with van der Waals surface area (Å²) in [5.41, 5.74) is 1.67. The number of nitrogens with one attached hydrogen (secondary N) is 1. The summed E-state index contributed by atoms with van der Waals surface area (Å²) in [5, 5.41) is 3.30. The third-order valence-electron chi connectivity index (χ3n) is 4.78. The van der Waals surface area contributed by atoms with Crippen LogP contribution in [0.5, 0.6) is 0 Å². The molecule has 0 aromatic heterocycles. The van der Waals surface area contributed by atoms with Crippen molar-refractivity contribution in [2.75, 3.05) is 19.7 Å². The van der Waals surface area contributed by atoms with E-state index in [0.717, 1.165) is 18.4 Å². The molecule has 0 radical (unpaired) electrons. The number of amides is 1. The summed E-state index contributed by atoms with van der Waals surface area (Å²) in [6.45, 7) is 2.73. The molecule has 1 aliphatic heterocycles. The maximum Gasteiger partial charge on any atom is 0.243 e. The first kappa shape index (κ1) is 21.8. The number of hydrogen-bond acceptors (Lipinski definition) is 4. The minimum atomic E-state index is -3.86. The van der Waals surface area contributed by atoms with Crippen molar-refractivity contribution in [1.82, 2.24) is 9.62 Å². The van der Waals surface area contributed by atoms with Crippen LogP contribution in [0.3, 0.4) is 0 Å². The van der Waals surface area contributed by atoms with E-state index in [-0.39, 0.29) is 30.0 Å². The van der Waals surface area contributed by atoms with Gasteiger partial charge in [0.1, 0.15) is 0 Å². The molecule has 1 N–H and O–H groups in total. The summed E-state index contributed by atoms with van der Waals surface area (Å²) in [4.78, 5) is 12.7.